The summed E-state index contributed by atoms with van der Waals surface area (Å²) in [6.07, 6.45) is 0. The van der Waals surface area contributed by atoms with Crippen molar-refractivity contribution in [3.8, 4) is 5.75 Å². The summed E-state index contributed by atoms with van der Waals surface area (Å²) in [5.74, 6) is 0.480. The third-order valence-electron chi connectivity index (χ3n) is 3.85. The molecule has 3 rings (SSSR count). The fraction of sp³-hybridized carbons (Fsp3) is 0.150. The van der Waals surface area contributed by atoms with Crippen LogP contribution in [0.4, 0.5) is 5.69 Å². The highest BCUT2D eigenvalue weighted by Crippen LogP contribution is 2.33. The van der Waals surface area contributed by atoms with Gasteiger partial charge >= 0.3 is 0 Å². The largest absolute Gasteiger partial charge is 0.483 e. The summed E-state index contributed by atoms with van der Waals surface area (Å²) in [6, 6.07) is 17.9. The van der Waals surface area contributed by atoms with E-state index in [2.05, 4.69) is 21.2 Å². The smallest absolute Gasteiger partial charge is 0.262 e. The van der Waals surface area contributed by atoms with Gasteiger partial charge < -0.3 is 10.1 Å². The zero-order valence-corrected chi connectivity index (χ0v) is 15.2. The van der Waals surface area contributed by atoms with Crippen molar-refractivity contribution in [2.24, 2.45) is 0 Å². The molecule has 4 heteroatoms. The van der Waals surface area contributed by atoms with Gasteiger partial charge in [0.1, 0.15) is 5.75 Å². The number of ether oxygens (including phenoxy) is 1. The van der Waals surface area contributed by atoms with Crippen LogP contribution in [0.15, 0.2) is 59.1 Å². The van der Waals surface area contributed by atoms with Crippen LogP contribution in [-0.4, -0.2) is 12.5 Å². The van der Waals surface area contributed by atoms with E-state index in [1.165, 1.54) is 0 Å². The van der Waals surface area contributed by atoms with Crippen molar-refractivity contribution in [1.29, 1.82) is 0 Å². The molecule has 0 atom stereocenters. The lowest BCUT2D eigenvalue weighted by Gasteiger charge is -2.12. The van der Waals surface area contributed by atoms with Crippen LogP contribution in [0.3, 0.4) is 0 Å². The quantitative estimate of drug-likeness (QED) is 0.668. The molecule has 1 N–H and O–H groups in total. The zero-order chi connectivity index (χ0) is 17.1. The summed E-state index contributed by atoms with van der Waals surface area (Å²) >= 11 is 3.56. The lowest BCUT2D eigenvalue weighted by molar-refractivity contribution is -0.118. The number of benzene rings is 3. The molecular weight excluding hydrogens is 366 g/mol. The van der Waals surface area contributed by atoms with Crippen molar-refractivity contribution in [2.75, 3.05) is 11.9 Å². The fourth-order valence-corrected chi connectivity index (χ4v) is 3.13. The molecule has 0 bridgehead atoms. The molecule has 3 aromatic rings. The predicted molar refractivity (Wildman–Crippen MR) is 102 cm³/mol. The number of carbonyl (C=O) groups excluding carboxylic acids is 1. The minimum absolute atomic E-state index is 0.0374. The summed E-state index contributed by atoms with van der Waals surface area (Å²) < 4.78 is 6.55. The number of fused-ring (bicyclic) bond motifs is 1. The summed E-state index contributed by atoms with van der Waals surface area (Å²) in [4.78, 5) is 12.2. The summed E-state index contributed by atoms with van der Waals surface area (Å²) in [5.41, 5.74) is 2.95. The van der Waals surface area contributed by atoms with Crippen molar-refractivity contribution >= 4 is 38.3 Å². The number of carbonyl (C=O) groups is 1. The van der Waals surface area contributed by atoms with E-state index in [1.807, 2.05) is 68.4 Å². The van der Waals surface area contributed by atoms with Crippen LogP contribution in [0.1, 0.15) is 11.1 Å². The van der Waals surface area contributed by atoms with Gasteiger partial charge in [-0.1, -0.05) is 42.5 Å². The Bertz CT molecular complexity index is 905. The Kier molecular flexibility index (Phi) is 4.86. The lowest BCUT2D eigenvalue weighted by Crippen LogP contribution is -2.20. The maximum atomic E-state index is 12.2. The highest BCUT2D eigenvalue weighted by Gasteiger charge is 2.10. The molecule has 0 aliphatic rings. The zero-order valence-electron chi connectivity index (χ0n) is 13.6. The number of nitrogens with one attached hydrogen (secondary N) is 1. The maximum Gasteiger partial charge on any atom is 0.262 e. The summed E-state index contributed by atoms with van der Waals surface area (Å²) in [5, 5.41) is 5.08. The second-order valence-corrected chi connectivity index (χ2v) is 6.55. The van der Waals surface area contributed by atoms with Gasteiger partial charge in [-0.3, -0.25) is 4.79 Å². The number of hydrogen-bond acceptors (Lipinski definition) is 2. The van der Waals surface area contributed by atoms with Gasteiger partial charge in [-0.2, -0.15) is 0 Å². The molecule has 0 spiro atoms. The van der Waals surface area contributed by atoms with Crippen LogP contribution in [0.5, 0.6) is 5.75 Å². The lowest BCUT2D eigenvalue weighted by atomic mass is 10.1. The van der Waals surface area contributed by atoms with Gasteiger partial charge in [0.25, 0.3) is 5.91 Å². The van der Waals surface area contributed by atoms with Gasteiger partial charge in [-0.05, 0) is 63.8 Å². The molecule has 122 valence electrons. The number of hydrogen-bond donors (Lipinski definition) is 1. The third-order valence-corrected chi connectivity index (χ3v) is 4.67. The monoisotopic (exact) mass is 383 g/mol. The average Bonchev–Trinajstić information content (AvgIpc) is 2.58. The topological polar surface area (TPSA) is 38.3 Å². The molecule has 1 amide bonds. The Morgan fingerprint density at radius 1 is 1.08 bits per heavy atom. The van der Waals surface area contributed by atoms with Gasteiger partial charge in [0.15, 0.2) is 6.61 Å². The second-order valence-electron chi connectivity index (χ2n) is 5.75. The standard InChI is InChI=1S/C20H18BrNO2/c1-13-7-8-14(2)17(11-13)22-19(23)12-24-18-10-9-15-5-3-4-6-16(15)20(18)21/h3-11H,12H2,1-2H3,(H,22,23). The molecule has 0 saturated heterocycles. The molecular formula is C20H18BrNO2. The molecule has 0 unspecified atom stereocenters. The van der Waals surface area contributed by atoms with Crippen LogP contribution in [0.25, 0.3) is 10.8 Å². The van der Waals surface area contributed by atoms with Crippen molar-refractivity contribution in [3.63, 3.8) is 0 Å². The summed E-state index contributed by atoms with van der Waals surface area (Å²) in [7, 11) is 0. The fourth-order valence-electron chi connectivity index (χ4n) is 2.53. The van der Waals surface area contributed by atoms with E-state index in [0.29, 0.717) is 5.75 Å². The van der Waals surface area contributed by atoms with Gasteiger partial charge in [0, 0.05) is 5.69 Å². The van der Waals surface area contributed by atoms with Crippen molar-refractivity contribution in [2.45, 2.75) is 13.8 Å². The number of amides is 1. The molecule has 3 aromatic carbocycles. The minimum Gasteiger partial charge on any atom is -0.483 e. The molecule has 3 nitrogen and oxygen atoms in total. The minimum atomic E-state index is -0.177. The van der Waals surface area contributed by atoms with Crippen LogP contribution in [0, 0.1) is 13.8 Å². The van der Waals surface area contributed by atoms with E-state index in [-0.39, 0.29) is 12.5 Å². The van der Waals surface area contributed by atoms with E-state index in [0.717, 1.165) is 32.1 Å². The Morgan fingerprint density at radius 2 is 1.88 bits per heavy atom. The van der Waals surface area contributed by atoms with Crippen molar-refractivity contribution in [3.05, 3.63) is 70.2 Å². The Balaban J connectivity index is 1.70. The first-order chi connectivity index (χ1) is 11.5. The highest BCUT2D eigenvalue weighted by molar-refractivity contribution is 9.10. The first-order valence-corrected chi connectivity index (χ1v) is 8.51. The third kappa shape index (κ3) is 3.60. The number of aryl methyl sites for hydroxylation is 2. The molecule has 0 radical (unpaired) electrons. The van der Waals surface area contributed by atoms with Gasteiger partial charge in [-0.25, -0.2) is 0 Å². The molecule has 0 aliphatic carbocycles. The van der Waals surface area contributed by atoms with Gasteiger partial charge in [-0.15, -0.1) is 0 Å². The van der Waals surface area contributed by atoms with E-state index in [4.69, 9.17) is 4.74 Å². The van der Waals surface area contributed by atoms with Crippen molar-refractivity contribution in [1.82, 2.24) is 0 Å². The predicted octanol–water partition coefficient (Wildman–Crippen LogP) is 5.24. The van der Waals surface area contributed by atoms with E-state index < -0.39 is 0 Å². The van der Waals surface area contributed by atoms with E-state index in [1.54, 1.807) is 0 Å². The van der Waals surface area contributed by atoms with E-state index in [9.17, 15) is 4.79 Å². The first-order valence-electron chi connectivity index (χ1n) is 7.72. The Labute approximate surface area is 149 Å². The molecule has 0 saturated carbocycles. The number of anilines is 1. The Hall–Kier alpha value is -2.33. The number of rotatable bonds is 4. The van der Waals surface area contributed by atoms with Crippen LogP contribution >= 0.6 is 15.9 Å². The summed E-state index contributed by atoms with van der Waals surface area (Å²) in [6.45, 7) is 3.93. The van der Waals surface area contributed by atoms with Crippen LogP contribution in [-0.2, 0) is 4.79 Å². The molecule has 0 aliphatic heterocycles. The maximum absolute atomic E-state index is 12.2. The van der Waals surface area contributed by atoms with E-state index >= 15 is 0 Å². The normalized spacial score (nSPS) is 10.6. The van der Waals surface area contributed by atoms with Gasteiger partial charge in [0.05, 0.1) is 4.47 Å². The Morgan fingerprint density at radius 3 is 2.71 bits per heavy atom. The SMILES string of the molecule is Cc1ccc(C)c(NC(=O)COc2ccc3ccccc3c2Br)c1. The number of halogens is 1. The molecule has 0 heterocycles. The molecule has 0 fully saturated rings. The molecule has 24 heavy (non-hydrogen) atoms. The van der Waals surface area contributed by atoms with Crippen LogP contribution in [0.2, 0.25) is 0 Å². The van der Waals surface area contributed by atoms with Crippen molar-refractivity contribution < 1.29 is 9.53 Å². The molecule has 0 aromatic heterocycles. The highest BCUT2D eigenvalue weighted by atomic mass is 79.9. The second kappa shape index (κ2) is 7.05. The van der Waals surface area contributed by atoms with Gasteiger partial charge in [0.2, 0.25) is 0 Å². The van der Waals surface area contributed by atoms with Crippen LogP contribution < -0.4 is 10.1 Å². The first kappa shape index (κ1) is 16.5. The average molecular weight is 384 g/mol.